The number of carbonyl (C=O) groups is 1. The quantitative estimate of drug-likeness (QED) is 0.692. The fraction of sp³-hybridized carbons (Fsp3) is 0.769. The van der Waals surface area contributed by atoms with E-state index in [-0.39, 0.29) is 11.4 Å². The van der Waals surface area contributed by atoms with Crippen molar-refractivity contribution in [2.45, 2.75) is 49.7 Å². The molecule has 4 rings (SSSR count). The van der Waals surface area contributed by atoms with E-state index in [1.165, 1.54) is 12.5 Å². The van der Waals surface area contributed by atoms with Crippen LogP contribution >= 0.6 is 0 Å². The highest BCUT2D eigenvalue weighted by molar-refractivity contribution is 5.87. The van der Waals surface area contributed by atoms with Crippen LogP contribution in [-0.2, 0) is 4.79 Å². The first-order valence-electron chi connectivity index (χ1n) is 6.20. The highest BCUT2D eigenvalue weighted by Gasteiger charge is 2.57. The number of hydrogen-bond donors (Lipinski definition) is 2. The van der Waals surface area contributed by atoms with Gasteiger partial charge < -0.3 is 10.4 Å². The summed E-state index contributed by atoms with van der Waals surface area (Å²) in [5.41, 5.74) is -0.636. The maximum atomic E-state index is 11.5. The molecule has 2 N–H and O–H groups in total. The minimum Gasteiger partial charge on any atom is -0.390 e. The van der Waals surface area contributed by atoms with Crippen LogP contribution in [0.3, 0.4) is 0 Å². The fourth-order valence-electron chi connectivity index (χ4n) is 4.67. The predicted octanol–water partition coefficient (Wildman–Crippen LogP) is 1.37. The molecule has 16 heavy (non-hydrogen) atoms. The zero-order valence-corrected chi connectivity index (χ0v) is 9.54. The molecular weight excluding hydrogens is 202 g/mol. The molecule has 4 fully saturated rings. The van der Waals surface area contributed by atoms with Crippen LogP contribution in [0.1, 0.15) is 38.5 Å². The van der Waals surface area contributed by atoms with E-state index < -0.39 is 5.60 Å². The molecule has 0 aromatic heterocycles. The lowest BCUT2D eigenvalue weighted by molar-refractivity contribution is -0.148. The first kappa shape index (κ1) is 10.3. The van der Waals surface area contributed by atoms with Crippen LogP contribution in [0.25, 0.3) is 0 Å². The molecule has 88 valence electrons. The molecule has 3 heteroatoms. The van der Waals surface area contributed by atoms with Gasteiger partial charge in [0.2, 0.25) is 5.91 Å². The van der Waals surface area contributed by atoms with Crippen molar-refractivity contribution in [3.8, 4) is 0 Å². The first-order valence-corrected chi connectivity index (χ1v) is 6.20. The monoisotopic (exact) mass is 221 g/mol. The van der Waals surface area contributed by atoms with E-state index in [1.807, 2.05) is 0 Å². The average Bonchev–Trinajstić information content (AvgIpc) is 2.12. The number of carbonyl (C=O) groups excluding carboxylic acids is 1. The molecule has 0 saturated heterocycles. The highest BCUT2D eigenvalue weighted by Crippen LogP contribution is 2.57. The Bertz CT molecular complexity index is 336. The minimum absolute atomic E-state index is 0.0921. The summed E-state index contributed by atoms with van der Waals surface area (Å²) in [5.74, 6) is 1.12. The third kappa shape index (κ3) is 1.49. The number of rotatable bonds is 2. The molecule has 0 aromatic rings. The minimum atomic E-state index is -0.501. The number of amides is 1. The SMILES string of the molecule is C=CC(=O)NC12CC3CC(CC(O)(C3)C1)C2. The summed E-state index contributed by atoms with van der Waals surface area (Å²) in [4.78, 5) is 11.5. The standard InChI is InChI=1S/C13H19NO2/c1-2-11(15)14-12-4-9-3-10(5-12)7-13(16,6-9)8-12/h2,9-10,16H,1,3-8H2,(H,14,15). The second-order valence-corrected chi connectivity index (χ2v) is 6.16. The summed E-state index contributed by atoms with van der Waals surface area (Å²) in [6.45, 7) is 3.50. The summed E-state index contributed by atoms with van der Waals surface area (Å²) < 4.78 is 0. The van der Waals surface area contributed by atoms with Crippen molar-refractivity contribution in [1.29, 1.82) is 0 Å². The van der Waals surface area contributed by atoms with Gasteiger partial charge in [0.15, 0.2) is 0 Å². The van der Waals surface area contributed by atoms with Gasteiger partial charge in [-0.05, 0) is 56.4 Å². The van der Waals surface area contributed by atoms with E-state index in [4.69, 9.17) is 0 Å². The Morgan fingerprint density at radius 1 is 1.31 bits per heavy atom. The molecule has 4 saturated carbocycles. The Morgan fingerprint density at radius 3 is 2.44 bits per heavy atom. The molecule has 3 nitrogen and oxygen atoms in total. The molecule has 4 bridgehead atoms. The lowest BCUT2D eigenvalue weighted by Crippen LogP contribution is -2.65. The van der Waals surface area contributed by atoms with Crippen molar-refractivity contribution in [1.82, 2.24) is 5.32 Å². The van der Waals surface area contributed by atoms with Crippen molar-refractivity contribution in [2.75, 3.05) is 0 Å². The second-order valence-electron chi connectivity index (χ2n) is 6.16. The number of hydrogen-bond acceptors (Lipinski definition) is 2. The molecule has 4 aliphatic rings. The van der Waals surface area contributed by atoms with E-state index in [0.29, 0.717) is 11.8 Å². The molecule has 0 aromatic carbocycles. The van der Waals surface area contributed by atoms with Crippen LogP contribution in [0.5, 0.6) is 0 Å². The van der Waals surface area contributed by atoms with Gasteiger partial charge in [-0.3, -0.25) is 4.79 Å². The third-order valence-corrected chi connectivity index (χ3v) is 4.60. The molecule has 0 heterocycles. The van der Waals surface area contributed by atoms with Gasteiger partial charge in [0, 0.05) is 5.54 Å². The summed E-state index contributed by atoms with van der Waals surface area (Å²) in [6, 6.07) is 0. The molecule has 2 atom stereocenters. The molecule has 0 aliphatic heterocycles. The van der Waals surface area contributed by atoms with Gasteiger partial charge in [-0.15, -0.1) is 0 Å². The van der Waals surface area contributed by atoms with Crippen LogP contribution in [0, 0.1) is 11.8 Å². The highest BCUT2D eigenvalue weighted by atomic mass is 16.3. The maximum absolute atomic E-state index is 11.5. The van der Waals surface area contributed by atoms with E-state index in [0.717, 1.165) is 32.1 Å². The van der Waals surface area contributed by atoms with Gasteiger partial charge >= 0.3 is 0 Å². The zero-order chi connectivity index (χ0) is 11.4. The Hall–Kier alpha value is -0.830. The maximum Gasteiger partial charge on any atom is 0.243 e. The lowest BCUT2D eigenvalue weighted by atomic mass is 9.51. The Labute approximate surface area is 95.9 Å². The van der Waals surface area contributed by atoms with E-state index in [2.05, 4.69) is 11.9 Å². The first-order chi connectivity index (χ1) is 7.53. The predicted molar refractivity (Wildman–Crippen MR) is 60.7 cm³/mol. The topological polar surface area (TPSA) is 49.3 Å². The van der Waals surface area contributed by atoms with Crippen molar-refractivity contribution < 1.29 is 9.90 Å². The Morgan fingerprint density at radius 2 is 1.94 bits per heavy atom. The summed E-state index contributed by atoms with van der Waals surface area (Å²) in [6.07, 6.45) is 7.30. The van der Waals surface area contributed by atoms with Gasteiger partial charge in [-0.1, -0.05) is 6.58 Å². The van der Waals surface area contributed by atoms with Crippen molar-refractivity contribution in [3.63, 3.8) is 0 Å². The van der Waals surface area contributed by atoms with E-state index in [1.54, 1.807) is 0 Å². The fourth-order valence-corrected chi connectivity index (χ4v) is 4.67. The number of nitrogens with one attached hydrogen (secondary N) is 1. The Balaban J connectivity index is 1.86. The van der Waals surface area contributed by atoms with E-state index in [9.17, 15) is 9.90 Å². The second kappa shape index (κ2) is 3.10. The van der Waals surface area contributed by atoms with Crippen molar-refractivity contribution in [2.24, 2.45) is 11.8 Å². The summed E-state index contributed by atoms with van der Waals surface area (Å²) in [7, 11) is 0. The molecule has 1 amide bonds. The largest absolute Gasteiger partial charge is 0.390 e. The normalized spacial score (nSPS) is 49.1. The van der Waals surface area contributed by atoms with Crippen LogP contribution in [0.4, 0.5) is 0 Å². The summed E-state index contributed by atoms with van der Waals surface area (Å²) >= 11 is 0. The lowest BCUT2D eigenvalue weighted by Gasteiger charge is -2.60. The van der Waals surface area contributed by atoms with Crippen molar-refractivity contribution in [3.05, 3.63) is 12.7 Å². The van der Waals surface area contributed by atoms with Crippen LogP contribution in [0.15, 0.2) is 12.7 Å². The van der Waals surface area contributed by atoms with Gasteiger partial charge in [0.05, 0.1) is 5.60 Å². The molecule has 0 radical (unpaired) electrons. The van der Waals surface area contributed by atoms with Gasteiger partial charge in [0.1, 0.15) is 0 Å². The van der Waals surface area contributed by atoms with E-state index >= 15 is 0 Å². The average molecular weight is 221 g/mol. The van der Waals surface area contributed by atoms with Gasteiger partial charge in [-0.2, -0.15) is 0 Å². The smallest absolute Gasteiger partial charge is 0.243 e. The molecular formula is C13H19NO2. The number of aliphatic hydroxyl groups is 1. The van der Waals surface area contributed by atoms with Crippen LogP contribution in [0.2, 0.25) is 0 Å². The molecule has 2 unspecified atom stereocenters. The van der Waals surface area contributed by atoms with Crippen LogP contribution < -0.4 is 5.32 Å². The zero-order valence-electron chi connectivity index (χ0n) is 9.54. The molecule has 4 aliphatic carbocycles. The van der Waals surface area contributed by atoms with Gasteiger partial charge in [-0.25, -0.2) is 0 Å². The van der Waals surface area contributed by atoms with Crippen LogP contribution in [-0.4, -0.2) is 22.2 Å². The Kier molecular flexibility index (Phi) is 2.00. The molecule has 0 spiro atoms. The van der Waals surface area contributed by atoms with Crippen molar-refractivity contribution >= 4 is 5.91 Å². The van der Waals surface area contributed by atoms with Gasteiger partial charge in [0.25, 0.3) is 0 Å². The third-order valence-electron chi connectivity index (χ3n) is 4.60. The summed E-state index contributed by atoms with van der Waals surface area (Å²) in [5, 5.41) is 13.6.